The van der Waals surface area contributed by atoms with Gasteiger partial charge in [-0.2, -0.15) is 0 Å². The van der Waals surface area contributed by atoms with E-state index < -0.39 is 0 Å². The van der Waals surface area contributed by atoms with Crippen LogP contribution >= 0.6 is 12.4 Å². The van der Waals surface area contributed by atoms with Crippen molar-refractivity contribution < 1.29 is 9.53 Å². The van der Waals surface area contributed by atoms with E-state index in [-0.39, 0.29) is 23.7 Å². The van der Waals surface area contributed by atoms with E-state index in [0.717, 1.165) is 26.1 Å². The van der Waals surface area contributed by atoms with Gasteiger partial charge in [-0.3, -0.25) is 4.79 Å². The number of hydrogen-bond acceptors (Lipinski definition) is 3. The molecule has 118 valence electrons. The maximum atomic E-state index is 11.8. The van der Waals surface area contributed by atoms with Crippen molar-refractivity contribution in [1.82, 2.24) is 10.6 Å². The molecule has 2 rings (SSSR count). The molecular formula is C16H25ClN2O2. The number of halogens is 1. The number of ether oxygens (including phenoxy) is 1. The van der Waals surface area contributed by atoms with Crippen LogP contribution in [0.25, 0.3) is 0 Å². The van der Waals surface area contributed by atoms with Crippen LogP contribution in [0.4, 0.5) is 0 Å². The molecule has 5 heteroatoms. The molecule has 1 aromatic carbocycles. The minimum absolute atomic E-state index is 0. The predicted octanol–water partition coefficient (Wildman–Crippen LogP) is 1.88. The average molecular weight is 313 g/mol. The summed E-state index contributed by atoms with van der Waals surface area (Å²) < 4.78 is 5.50. The maximum absolute atomic E-state index is 11.8. The Morgan fingerprint density at radius 3 is 2.52 bits per heavy atom. The van der Waals surface area contributed by atoms with Gasteiger partial charge < -0.3 is 15.4 Å². The Morgan fingerprint density at radius 2 is 1.90 bits per heavy atom. The fourth-order valence-corrected chi connectivity index (χ4v) is 2.72. The third-order valence-corrected chi connectivity index (χ3v) is 4.06. The summed E-state index contributed by atoms with van der Waals surface area (Å²) in [5, 5.41) is 6.09. The highest BCUT2D eigenvalue weighted by atomic mass is 35.5. The van der Waals surface area contributed by atoms with Gasteiger partial charge in [0.25, 0.3) is 0 Å². The number of carbonyl (C=O) groups is 1. The SMILES string of the molecule is CNCCC(=O)NCC1(c2ccccc2)CCOCC1.Cl. The van der Waals surface area contributed by atoms with Crippen molar-refractivity contribution in [3.8, 4) is 0 Å². The number of carbonyl (C=O) groups excluding carboxylic acids is 1. The molecule has 0 spiro atoms. The van der Waals surface area contributed by atoms with E-state index in [1.165, 1.54) is 5.56 Å². The van der Waals surface area contributed by atoms with Crippen molar-refractivity contribution in [2.24, 2.45) is 0 Å². The monoisotopic (exact) mass is 312 g/mol. The molecule has 0 atom stereocenters. The lowest BCUT2D eigenvalue weighted by molar-refractivity contribution is -0.121. The molecule has 1 aromatic rings. The van der Waals surface area contributed by atoms with Crippen molar-refractivity contribution in [1.29, 1.82) is 0 Å². The van der Waals surface area contributed by atoms with Gasteiger partial charge in [0.05, 0.1) is 0 Å². The highest BCUT2D eigenvalue weighted by molar-refractivity contribution is 5.85. The quantitative estimate of drug-likeness (QED) is 0.843. The zero-order valence-electron chi connectivity index (χ0n) is 12.6. The van der Waals surface area contributed by atoms with E-state index in [1.54, 1.807) is 0 Å². The lowest BCUT2D eigenvalue weighted by Gasteiger charge is -2.38. The molecule has 0 aliphatic carbocycles. The second-order valence-corrected chi connectivity index (χ2v) is 5.39. The molecule has 0 unspecified atom stereocenters. The van der Waals surface area contributed by atoms with Crippen LogP contribution in [0.1, 0.15) is 24.8 Å². The van der Waals surface area contributed by atoms with E-state index in [9.17, 15) is 4.79 Å². The lowest BCUT2D eigenvalue weighted by atomic mass is 9.74. The van der Waals surface area contributed by atoms with Crippen molar-refractivity contribution in [2.75, 3.05) is 33.4 Å². The molecule has 0 bridgehead atoms. The highest BCUT2D eigenvalue weighted by Crippen LogP contribution is 2.34. The summed E-state index contributed by atoms with van der Waals surface area (Å²) in [6.45, 7) is 2.94. The standard InChI is InChI=1S/C16H24N2O2.ClH/c1-17-10-7-15(19)18-13-16(8-11-20-12-9-16)14-5-3-2-4-6-14;/h2-6,17H,7-13H2,1H3,(H,18,19);1H. The number of benzene rings is 1. The third kappa shape index (κ3) is 4.99. The topological polar surface area (TPSA) is 50.4 Å². The van der Waals surface area contributed by atoms with Crippen LogP contribution in [-0.4, -0.2) is 39.3 Å². The van der Waals surface area contributed by atoms with Gasteiger partial charge in [0.2, 0.25) is 5.91 Å². The normalized spacial score (nSPS) is 16.8. The zero-order chi connectivity index (χ0) is 14.3. The molecule has 1 heterocycles. The number of nitrogens with one attached hydrogen (secondary N) is 2. The minimum atomic E-state index is 0. The van der Waals surface area contributed by atoms with Gasteiger partial charge >= 0.3 is 0 Å². The van der Waals surface area contributed by atoms with Crippen LogP contribution in [0.15, 0.2) is 30.3 Å². The molecule has 0 aromatic heterocycles. The predicted molar refractivity (Wildman–Crippen MR) is 87.0 cm³/mol. The molecule has 1 saturated heterocycles. The first-order valence-corrected chi connectivity index (χ1v) is 7.31. The van der Waals surface area contributed by atoms with E-state index in [2.05, 4.69) is 34.9 Å². The summed E-state index contributed by atoms with van der Waals surface area (Å²) >= 11 is 0. The zero-order valence-corrected chi connectivity index (χ0v) is 13.4. The number of rotatable bonds is 6. The van der Waals surface area contributed by atoms with E-state index >= 15 is 0 Å². The van der Waals surface area contributed by atoms with Crippen molar-refractivity contribution in [2.45, 2.75) is 24.7 Å². The first-order valence-electron chi connectivity index (χ1n) is 7.31. The Morgan fingerprint density at radius 1 is 1.24 bits per heavy atom. The third-order valence-electron chi connectivity index (χ3n) is 4.06. The summed E-state index contributed by atoms with van der Waals surface area (Å²) in [7, 11) is 1.86. The van der Waals surface area contributed by atoms with Crippen LogP contribution in [0.2, 0.25) is 0 Å². The molecular weight excluding hydrogens is 288 g/mol. The maximum Gasteiger partial charge on any atom is 0.221 e. The summed E-state index contributed by atoms with van der Waals surface area (Å²) in [6, 6.07) is 10.5. The van der Waals surface area contributed by atoms with Gasteiger partial charge in [0.1, 0.15) is 0 Å². The summed E-state index contributed by atoms with van der Waals surface area (Å²) in [6.07, 6.45) is 2.45. The minimum Gasteiger partial charge on any atom is -0.381 e. The fraction of sp³-hybridized carbons (Fsp3) is 0.562. The molecule has 0 radical (unpaired) electrons. The van der Waals surface area contributed by atoms with Gasteiger partial charge in [-0.05, 0) is 25.5 Å². The van der Waals surface area contributed by atoms with E-state index in [4.69, 9.17) is 4.74 Å². The second kappa shape index (κ2) is 9.03. The first kappa shape index (κ1) is 18.0. The Kier molecular flexibility index (Phi) is 7.72. The molecule has 1 aliphatic heterocycles. The van der Waals surface area contributed by atoms with Gasteiger partial charge in [-0.1, -0.05) is 30.3 Å². The van der Waals surface area contributed by atoms with Gasteiger partial charge in [0.15, 0.2) is 0 Å². The Bertz CT molecular complexity index is 420. The molecule has 0 saturated carbocycles. The summed E-state index contributed by atoms with van der Waals surface area (Å²) in [5.74, 6) is 0.112. The fourth-order valence-electron chi connectivity index (χ4n) is 2.72. The van der Waals surface area contributed by atoms with Crippen molar-refractivity contribution >= 4 is 18.3 Å². The van der Waals surface area contributed by atoms with Crippen molar-refractivity contribution in [3.05, 3.63) is 35.9 Å². The van der Waals surface area contributed by atoms with E-state index in [1.807, 2.05) is 13.1 Å². The molecule has 21 heavy (non-hydrogen) atoms. The van der Waals surface area contributed by atoms with E-state index in [0.29, 0.717) is 19.5 Å². The summed E-state index contributed by atoms with van der Waals surface area (Å²) in [5.41, 5.74) is 1.33. The Balaban J connectivity index is 0.00000220. The van der Waals surface area contributed by atoms with Gasteiger partial charge in [-0.25, -0.2) is 0 Å². The molecule has 1 amide bonds. The number of amides is 1. The Hall–Kier alpha value is -1.10. The van der Waals surface area contributed by atoms with Crippen LogP contribution in [0.3, 0.4) is 0 Å². The van der Waals surface area contributed by atoms with Crippen LogP contribution in [-0.2, 0) is 14.9 Å². The molecule has 2 N–H and O–H groups in total. The van der Waals surface area contributed by atoms with Gasteiger partial charge in [0, 0.05) is 38.1 Å². The lowest BCUT2D eigenvalue weighted by Crippen LogP contribution is -2.44. The first-order chi connectivity index (χ1) is 9.77. The second-order valence-electron chi connectivity index (χ2n) is 5.39. The number of hydrogen-bond donors (Lipinski definition) is 2. The Labute approximate surface area is 133 Å². The largest absolute Gasteiger partial charge is 0.381 e. The molecule has 1 fully saturated rings. The highest BCUT2D eigenvalue weighted by Gasteiger charge is 2.34. The smallest absolute Gasteiger partial charge is 0.221 e. The molecule has 4 nitrogen and oxygen atoms in total. The van der Waals surface area contributed by atoms with Crippen LogP contribution < -0.4 is 10.6 Å². The van der Waals surface area contributed by atoms with Crippen LogP contribution in [0, 0.1) is 0 Å². The van der Waals surface area contributed by atoms with Gasteiger partial charge in [-0.15, -0.1) is 12.4 Å². The molecule has 1 aliphatic rings. The average Bonchev–Trinajstić information content (AvgIpc) is 2.52. The van der Waals surface area contributed by atoms with Crippen molar-refractivity contribution in [3.63, 3.8) is 0 Å². The van der Waals surface area contributed by atoms with Crippen LogP contribution in [0.5, 0.6) is 0 Å². The summed E-state index contributed by atoms with van der Waals surface area (Å²) in [4.78, 5) is 11.8.